The Labute approximate surface area is 143 Å². The molecule has 132 valence electrons. The number of nitrogens with one attached hydrogen (secondary N) is 1. The van der Waals surface area contributed by atoms with Crippen LogP contribution in [0.1, 0.15) is 35.4 Å². The number of piperidine rings is 1. The lowest BCUT2D eigenvalue weighted by Gasteiger charge is -2.27. The Balaban J connectivity index is 1.57. The smallest absolute Gasteiger partial charge is 0.272 e. The molecule has 3 rings (SSSR count). The summed E-state index contributed by atoms with van der Waals surface area (Å²) in [5, 5.41) is 3.26. The van der Waals surface area contributed by atoms with Crippen LogP contribution in [0.15, 0.2) is 6.07 Å². The molecule has 1 aromatic rings. The average Bonchev–Trinajstić information content (AvgIpc) is 2.62. The van der Waals surface area contributed by atoms with Crippen LogP contribution < -0.4 is 5.32 Å². The maximum atomic E-state index is 12.6. The van der Waals surface area contributed by atoms with Crippen molar-refractivity contribution in [1.29, 1.82) is 0 Å². The third-order valence-electron chi connectivity index (χ3n) is 4.53. The van der Waals surface area contributed by atoms with Gasteiger partial charge >= 0.3 is 0 Å². The van der Waals surface area contributed by atoms with Crippen LogP contribution in [0, 0.1) is 6.92 Å². The van der Waals surface area contributed by atoms with Crippen molar-refractivity contribution in [2.45, 2.75) is 26.2 Å². The van der Waals surface area contributed by atoms with E-state index >= 15 is 0 Å². The van der Waals surface area contributed by atoms with Crippen LogP contribution in [0.2, 0.25) is 0 Å². The highest BCUT2D eigenvalue weighted by Gasteiger charge is 2.20. The van der Waals surface area contributed by atoms with Crippen LogP contribution in [0.3, 0.4) is 0 Å². The molecule has 0 atom stereocenters. The summed E-state index contributed by atoms with van der Waals surface area (Å²) < 4.78 is 5.35. The fraction of sp³-hybridized carbons (Fsp3) is 0.706. The molecule has 2 saturated heterocycles. The standard InChI is InChI=1S/C17H27N5O2/c1-14-13-15(16(23)22-6-3-2-4-7-22)20-17(19-14)18-5-8-21-9-11-24-12-10-21/h13H,2-12H2,1H3,(H,18,19,20). The molecule has 1 aromatic heterocycles. The summed E-state index contributed by atoms with van der Waals surface area (Å²) in [5.41, 5.74) is 1.32. The first-order valence-electron chi connectivity index (χ1n) is 8.91. The second kappa shape index (κ2) is 8.39. The van der Waals surface area contributed by atoms with Gasteiger partial charge in [0, 0.05) is 45.0 Å². The number of hydrogen-bond acceptors (Lipinski definition) is 6. The van der Waals surface area contributed by atoms with E-state index in [2.05, 4.69) is 20.2 Å². The van der Waals surface area contributed by atoms with Crippen molar-refractivity contribution in [3.8, 4) is 0 Å². The number of ether oxygens (including phenoxy) is 1. The Morgan fingerprint density at radius 2 is 1.92 bits per heavy atom. The number of anilines is 1. The van der Waals surface area contributed by atoms with Crippen LogP contribution in [0.5, 0.6) is 0 Å². The van der Waals surface area contributed by atoms with Crippen molar-refractivity contribution in [3.63, 3.8) is 0 Å². The van der Waals surface area contributed by atoms with E-state index in [-0.39, 0.29) is 5.91 Å². The highest BCUT2D eigenvalue weighted by molar-refractivity contribution is 5.92. The monoisotopic (exact) mass is 333 g/mol. The minimum absolute atomic E-state index is 0.0245. The van der Waals surface area contributed by atoms with E-state index in [1.807, 2.05) is 11.8 Å². The van der Waals surface area contributed by atoms with Gasteiger partial charge in [-0.1, -0.05) is 0 Å². The van der Waals surface area contributed by atoms with Gasteiger partial charge in [-0.25, -0.2) is 9.97 Å². The van der Waals surface area contributed by atoms with Crippen LogP contribution in [-0.2, 0) is 4.74 Å². The molecule has 7 heteroatoms. The first-order valence-corrected chi connectivity index (χ1v) is 8.91. The van der Waals surface area contributed by atoms with E-state index in [1.54, 1.807) is 6.07 Å². The van der Waals surface area contributed by atoms with Gasteiger partial charge < -0.3 is 15.0 Å². The summed E-state index contributed by atoms with van der Waals surface area (Å²) in [7, 11) is 0. The number of amides is 1. The van der Waals surface area contributed by atoms with Crippen LogP contribution in [0.4, 0.5) is 5.95 Å². The minimum Gasteiger partial charge on any atom is -0.379 e. The number of rotatable bonds is 5. The van der Waals surface area contributed by atoms with Crippen molar-refractivity contribution >= 4 is 11.9 Å². The molecule has 0 radical (unpaired) electrons. The number of aryl methyl sites for hydroxylation is 1. The van der Waals surface area contributed by atoms with Gasteiger partial charge in [0.05, 0.1) is 13.2 Å². The van der Waals surface area contributed by atoms with Crippen LogP contribution >= 0.6 is 0 Å². The summed E-state index contributed by atoms with van der Waals surface area (Å²) in [4.78, 5) is 25.7. The Bertz CT molecular complexity index is 554. The third-order valence-corrected chi connectivity index (χ3v) is 4.53. The zero-order valence-corrected chi connectivity index (χ0v) is 14.5. The predicted octanol–water partition coefficient (Wildman–Crippen LogP) is 1.16. The topological polar surface area (TPSA) is 70.6 Å². The van der Waals surface area contributed by atoms with E-state index in [4.69, 9.17) is 4.74 Å². The fourth-order valence-electron chi connectivity index (χ4n) is 3.17. The van der Waals surface area contributed by atoms with Gasteiger partial charge in [0.15, 0.2) is 0 Å². The molecule has 0 saturated carbocycles. The molecule has 2 aliphatic heterocycles. The summed E-state index contributed by atoms with van der Waals surface area (Å²) in [5.74, 6) is 0.569. The highest BCUT2D eigenvalue weighted by Crippen LogP contribution is 2.13. The predicted molar refractivity (Wildman–Crippen MR) is 92.3 cm³/mol. The number of carbonyl (C=O) groups excluding carboxylic acids is 1. The number of likely N-dealkylation sites (tertiary alicyclic amines) is 1. The fourth-order valence-corrected chi connectivity index (χ4v) is 3.17. The average molecular weight is 333 g/mol. The Kier molecular flexibility index (Phi) is 5.98. The lowest BCUT2D eigenvalue weighted by molar-refractivity contribution is 0.0398. The summed E-state index contributed by atoms with van der Waals surface area (Å²) in [6, 6.07) is 1.78. The van der Waals surface area contributed by atoms with Crippen molar-refractivity contribution < 1.29 is 9.53 Å². The third kappa shape index (κ3) is 4.64. The molecule has 1 amide bonds. The normalized spacial score (nSPS) is 19.3. The molecule has 24 heavy (non-hydrogen) atoms. The maximum Gasteiger partial charge on any atom is 0.272 e. The molecule has 2 fully saturated rings. The first-order chi connectivity index (χ1) is 11.7. The van der Waals surface area contributed by atoms with Gasteiger partial charge in [-0.05, 0) is 32.3 Å². The zero-order valence-electron chi connectivity index (χ0n) is 14.5. The van der Waals surface area contributed by atoms with Gasteiger partial charge in [-0.15, -0.1) is 0 Å². The van der Waals surface area contributed by atoms with Gasteiger partial charge in [0.1, 0.15) is 5.69 Å². The van der Waals surface area contributed by atoms with E-state index in [1.165, 1.54) is 6.42 Å². The maximum absolute atomic E-state index is 12.6. The lowest BCUT2D eigenvalue weighted by Crippen LogP contribution is -2.39. The molecule has 1 N–H and O–H groups in total. The quantitative estimate of drug-likeness (QED) is 0.872. The minimum atomic E-state index is 0.0245. The first kappa shape index (κ1) is 17.1. The van der Waals surface area contributed by atoms with Crippen LogP contribution in [0.25, 0.3) is 0 Å². The SMILES string of the molecule is Cc1cc(C(=O)N2CCCCC2)nc(NCCN2CCOCC2)n1. The molecule has 0 spiro atoms. The second-order valence-corrected chi connectivity index (χ2v) is 6.45. The lowest BCUT2D eigenvalue weighted by atomic mass is 10.1. The molecule has 7 nitrogen and oxygen atoms in total. The largest absolute Gasteiger partial charge is 0.379 e. The Morgan fingerprint density at radius 1 is 1.17 bits per heavy atom. The molecule has 2 aliphatic rings. The van der Waals surface area contributed by atoms with Gasteiger partial charge in [0.25, 0.3) is 5.91 Å². The Morgan fingerprint density at radius 3 is 2.67 bits per heavy atom. The summed E-state index contributed by atoms with van der Waals surface area (Å²) in [6.45, 7) is 8.80. The van der Waals surface area contributed by atoms with Crippen LogP contribution in [-0.4, -0.2) is 78.2 Å². The Hall–Kier alpha value is -1.73. The number of morpholine rings is 1. The van der Waals surface area contributed by atoms with Crippen molar-refractivity contribution in [1.82, 2.24) is 19.8 Å². The summed E-state index contributed by atoms with van der Waals surface area (Å²) in [6.07, 6.45) is 3.38. The van der Waals surface area contributed by atoms with Gasteiger partial charge in [0.2, 0.25) is 5.95 Å². The molecule has 0 bridgehead atoms. The number of hydrogen-bond donors (Lipinski definition) is 1. The number of carbonyl (C=O) groups is 1. The van der Waals surface area contributed by atoms with Gasteiger partial charge in [-0.3, -0.25) is 9.69 Å². The van der Waals surface area contributed by atoms with Crippen molar-refractivity contribution in [3.05, 3.63) is 17.5 Å². The second-order valence-electron chi connectivity index (χ2n) is 6.45. The molecule has 0 aliphatic carbocycles. The zero-order chi connectivity index (χ0) is 16.8. The molecular formula is C17H27N5O2. The van der Waals surface area contributed by atoms with E-state index < -0.39 is 0 Å². The molecule has 0 unspecified atom stereocenters. The van der Waals surface area contributed by atoms with Crippen molar-refractivity contribution in [2.75, 3.05) is 57.8 Å². The number of nitrogens with zero attached hydrogens (tertiary/aromatic N) is 4. The van der Waals surface area contributed by atoms with E-state index in [9.17, 15) is 4.79 Å². The van der Waals surface area contributed by atoms with E-state index in [0.717, 1.165) is 71.0 Å². The number of aromatic nitrogens is 2. The highest BCUT2D eigenvalue weighted by atomic mass is 16.5. The van der Waals surface area contributed by atoms with Gasteiger partial charge in [-0.2, -0.15) is 0 Å². The van der Waals surface area contributed by atoms with E-state index in [0.29, 0.717) is 11.6 Å². The molecular weight excluding hydrogens is 306 g/mol. The molecule has 3 heterocycles. The summed E-state index contributed by atoms with van der Waals surface area (Å²) >= 11 is 0. The molecule has 0 aromatic carbocycles. The van der Waals surface area contributed by atoms with Crippen molar-refractivity contribution in [2.24, 2.45) is 0 Å².